The molecule has 0 aliphatic carbocycles. The van der Waals surface area contributed by atoms with E-state index in [-0.39, 0.29) is 5.78 Å². The molecule has 0 unspecified atom stereocenters. The molecular formula is C15H23NO. The van der Waals surface area contributed by atoms with Crippen LogP contribution in [0.5, 0.6) is 0 Å². The van der Waals surface area contributed by atoms with Gasteiger partial charge in [-0.3, -0.25) is 9.69 Å². The van der Waals surface area contributed by atoms with Gasteiger partial charge in [0.05, 0.1) is 0 Å². The third kappa shape index (κ3) is 4.31. The number of hydrogen-bond donors (Lipinski definition) is 0. The molecule has 1 aromatic carbocycles. The molecule has 0 saturated heterocycles. The molecule has 1 rings (SSSR count). The van der Waals surface area contributed by atoms with Crippen molar-refractivity contribution in [2.24, 2.45) is 0 Å². The van der Waals surface area contributed by atoms with E-state index in [1.165, 1.54) is 0 Å². The van der Waals surface area contributed by atoms with Crippen molar-refractivity contribution in [2.75, 3.05) is 6.54 Å². The second-order valence-corrected chi connectivity index (χ2v) is 4.96. The molecule has 1 aromatic rings. The Morgan fingerprint density at radius 2 is 1.59 bits per heavy atom. The zero-order valence-corrected chi connectivity index (χ0v) is 11.3. The first-order valence-corrected chi connectivity index (χ1v) is 6.36. The van der Waals surface area contributed by atoms with Crippen molar-refractivity contribution in [3.63, 3.8) is 0 Å². The fourth-order valence-corrected chi connectivity index (χ4v) is 2.11. The number of carbonyl (C=O) groups is 1. The maximum atomic E-state index is 12.0. The first-order valence-electron chi connectivity index (χ1n) is 6.36. The lowest BCUT2D eigenvalue weighted by Crippen LogP contribution is -2.38. The summed E-state index contributed by atoms with van der Waals surface area (Å²) in [6.07, 6.45) is 0.598. The van der Waals surface area contributed by atoms with E-state index in [1.807, 2.05) is 30.3 Å². The number of carbonyl (C=O) groups excluding carboxylic acids is 1. The van der Waals surface area contributed by atoms with Crippen LogP contribution >= 0.6 is 0 Å². The molecule has 0 fully saturated rings. The third-order valence-corrected chi connectivity index (χ3v) is 3.02. The zero-order valence-electron chi connectivity index (χ0n) is 11.3. The van der Waals surface area contributed by atoms with E-state index in [0.717, 1.165) is 12.1 Å². The van der Waals surface area contributed by atoms with Crippen molar-refractivity contribution in [1.29, 1.82) is 0 Å². The van der Waals surface area contributed by atoms with Crippen LogP contribution in [0.1, 0.15) is 44.5 Å². The van der Waals surface area contributed by atoms with E-state index >= 15 is 0 Å². The summed E-state index contributed by atoms with van der Waals surface area (Å²) < 4.78 is 0. The molecule has 0 heterocycles. The van der Waals surface area contributed by atoms with Crippen molar-refractivity contribution in [3.8, 4) is 0 Å². The van der Waals surface area contributed by atoms with Crippen molar-refractivity contribution in [1.82, 2.24) is 4.90 Å². The van der Waals surface area contributed by atoms with E-state index in [0.29, 0.717) is 18.5 Å². The number of nitrogens with zero attached hydrogens (tertiary/aromatic N) is 1. The lowest BCUT2D eigenvalue weighted by atomic mass is 10.1. The van der Waals surface area contributed by atoms with Gasteiger partial charge in [0.1, 0.15) is 0 Å². The topological polar surface area (TPSA) is 20.3 Å². The Morgan fingerprint density at radius 1 is 1.06 bits per heavy atom. The van der Waals surface area contributed by atoms with Crippen molar-refractivity contribution < 1.29 is 4.79 Å². The highest BCUT2D eigenvalue weighted by atomic mass is 16.1. The quantitative estimate of drug-likeness (QED) is 0.702. The van der Waals surface area contributed by atoms with Crippen LogP contribution in [0.4, 0.5) is 0 Å². The van der Waals surface area contributed by atoms with E-state index in [1.54, 1.807) is 0 Å². The van der Waals surface area contributed by atoms with Crippen LogP contribution < -0.4 is 0 Å². The van der Waals surface area contributed by atoms with Gasteiger partial charge < -0.3 is 0 Å². The number of ketones is 1. The molecule has 0 aromatic heterocycles. The lowest BCUT2D eigenvalue weighted by Gasteiger charge is -2.30. The first kappa shape index (κ1) is 13.9. The molecule has 0 aliphatic rings. The zero-order chi connectivity index (χ0) is 12.8. The summed E-state index contributed by atoms with van der Waals surface area (Å²) in [5, 5.41) is 0. The van der Waals surface area contributed by atoms with Crippen LogP contribution in [-0.4, -0.2) is 29.3 Å². The maximum absolute atomic E-state index is 12.0. The third-order valence-electron chi connectivity index (χ3n) is 3.02. The SMILES string of the molecule is CC(C)N(CCC(=O)c1ccccc1)C(C)C. The Balaban J connectivity index is 2.53. The standard InChI is InChI=1S/C15H23NO/c1-12(2)16(13(3)4)11-10-15(17)14-8-6-5-7-9-14/h5-9,12-13H,10-11H2,1-4H3. The highest BCUT2D eigenvalue weighted by molar-refractivity contribution is 5.96. The molecule has 0 bridgehead atoms. The van der Waals surface area contributed by atoms with Gasteiger partial charge in [-0.05, 0) is 27.7 Å². The molecule has 0 amide bonds. The highest BCUT2D eigenvalue weighted by Gasteiger charge is 2.15. The smallest absolute Gasteiger partial charge is 0.164 e. The molecule has 0 saturated carbocycles. The summed E-state index contributed by atoms with van der Waals surface area (Å²) in [5.41, 5.74) is 0.819. The minimum atomic E-state index is 0.233. The predicted octanol–water partition coefficient (Wildman–Crippen LogP) is 3.38. The Bertz CT molecular complexity index is 335. The monoisotopic (exact) mass is 233 g/mol. The Kier molecular flexibility index (Phi) is 5.36. The molecule has 94 valence electrons. The van der Waals surface area contributed by atoms with Gasteiger partial charge in [0.15, 0.2) is 5.78 Å². The summed E-state index contributed by atoms with van der Waals surface area (Å²) in [4.78, 5) is 14.3. The summed E-state index contributed by atoms with van der Waals surface area (Å²) in [7, 11) is 0. The summed E-state index contributed by atoms with van der Waals surface area (Å²) in [5.74, 6) is 0.233. The number of benzene rings is 1. The molecule has 0 N–H and O–H groups in total. The molecule has 2 heteroatoms. The van der Waals surface area contributed by atoms with Gasteiger partial charge in [0, 0.05) is 30.6 Å². The van der Waals surface area contributed by atoms with E-state index in [4.69, 9.17) is 0 Å². The molecule has 0 radical (unpaired) electrons. The summed E-state index contributed by atoms with van der Waals surface area (Å²) in [6.45, 7) is 9.53. The number of hydrogen-bond acceptors (Lipinski definition) is 2. The predicted molar refractivity (Wildman–Crippen MR) is 72.4 cm³/mol. The summed E-state index contributed by atoms with van der Waals surface area (Å²) >= 11 is 0. The van der Waals surface area contributed by atoms with Gasteiger partial charge in [-0.15, -0.1) is 0 Å². The van der Waals surface area contributed by atoms with Crippen molar-refractivity contribution in [3.05, 3.63) is 35.9 Å². The van der Waals surface area contributed by atoms with Crippen LogP contribution in [-0.2, 0) is 0 Å². The summed E-state index contributed by atoms with van der Waals surface area (Å²) in [6, 6.07) is 10.5. The van der Waals surface area contributed by atoms with Crippen LogP contribution in [0.15, 0.2) is 30.3 Å². The average Bonchev–Trinajstić information content (AvgIpc) is 2.29. The largest absolute Gasteiger partial charge is 0.298 e. The van der Waals surface area contributed by atoms with E-state index < -0.39 is 0 Å². The van der Waals surface area contributed by atoms with E-state index in [9.17, 15) is 4.79 Å². The van der Waals surface area contributed by atoms with Crippen LogP contribution in [0.3, 0.4) is 0 Å². The minimum absolute atomic E-state index is 0.233. The first-order chi connectivity index (χ1) is 8.02. The maximum Gasteiger partial charge on any atom is 0.164 e. The van der Waals surface area contributed by atoms with Crippen LogP contribution in [0.2, 0.25) is 0 Å². The number of rotatable bonds is 6. The van der Waals surface area contributed by atoms with Gasteiger partial charge in [-0.25, -0.2) is 0 Å². The normalized spacial score (nSPS) is 11.5. The van der Waals surface area contributed by atoms with Gasteiger partial charge >= 0.3 is 0 Å². The molecule has 0 spiro atoms. The molecule has 0 atom stereocenters. The van der Waals surface area contributed by atoms with E-state index in [2.05, 4.69) is 32.6 Å². The fourth-order valence-electron chi connectivity index (χ4n) is 2.11. The second-order valence-electron chi connectivity index (χ2n) is 4.96. The highest BCUT2D eigenvalue weighted by Crippen LogP contribution is 2.09. The molecule has 17 heavy (non-hydrogen) atoms. The molecule has 0 aliphatic heterocycles. The van der Waals surface area contributed by atoms with Crippen LogP contribution in [0.25, 0.3) is 0 Å². The van der Waals surface area contributed by atoms with Crippen molar-refractivity contribution >= 4 is 5.78 Å². The van der Waals surface area contributed by atoms with Crippen LogP contribution in [0, 0.1) is 0 Å². The second kappa shape index (κ2) is 6.55. The Labute approximate surface area is 105 Å². The molecular weight excluding hydrogens is 210 g/mol. The Morgan fingerprint density at radius 3 is 2.06 bits per heavy atom. The van der Waals surface area contributed by atoms with Gasteiger partial charge in [0.2, 0.25) is 0 Å². The lowest BCUT2D eigenvalue weighted by molar-refractivity contribution is 0.0940. The van der Waals surface area contributed by atoms with Gasteiger partial charge in [0.25, 0.3) is 0 Å². The fraction of sp³-hybridized carbons (Fsp3) is 0.533. The van der Waals surface area contributed by atoms with Gasteiger partial charge in [-0.1, -0.05) is 30.3 Å². The molecule has 2 nitrogen and oxygen atoms in total. The minimum Gasteiger partial charge on any atom is -0.298 e. The van der Waals surface area contributed by atoms with Crippen molar-refractivity contribution in [2.45, 2.75) is 46.2 Å². The Hall–Kier alpha value is -1.15. The van der Waals surface area contributed by atoms with Gasteiger partial charge in [-0.2, -0.15) is 0 Å². The average molecular weight is 233 g/mol. The number of Topliss-reactive ketones (excluding diaryl/α,β-unsaturated/α-hetero) is 1.